The van der Waals surface area contributed by atoms with Gasteiger partial charge in [0.2, 0.25) is 0 Å². The van der Waals surface area contributed by atoms with Crippen LogP contribution in [0.25, 0.3) is 0 Å². The average molecular weight is 256 g/mol. The lowest BCUT2D eigenvalue weighted by Crippen LogP contribution is -2.38. The van der Waals surface area contributed by atoms with Gasteiger partial charge in [0.1, 0.15) is 5.82 Å². The van der Waals surface area contributed by atoms with Crippen molar-refractivity contribution in [3.05, 3.63) is 29.6 Å². The Balaban J connectivity index is 2.68. The van der Waals surface area contributed by atoms with E-state index in [1.54, 1.807) is 0 Å². The molecule has 6 heteroatoms. The number of aliphatic hydroxyl groups is 1. The molecular formula is C12H17FN2O3. The van der Waals surface area contributed by atoms with Crippen molar-refractivity contribution in [2.75, 3.05) is 26.1 Å². The van der Waals surface area contributed by atoms with E-state index in [2.05, 4.69) is 5.32 Å². The monoisotopic (exact) mass is 256 g/mol. The van der Waals surface area contributed by atoms with Gasteiger partial charge < -0.3 is 20.9 Å². The highest BCUT2D eigenvalue weighted by molar-refractivity contribution is 5.99. The molecule has 1 rings (SSSR count). The van der Waals surface area contributed by atoms with Crippen molar-refractivity contribution in [2.45, 2.75) is 12.5 Å². The molecule has 1 unspecified atom stereocenters. The Morgan fingerprint density at radius 3 is 2.89 bits per heavy atom. The Morgan fingerprint density at radius 1 is 1.61 bits per heavy atom. The van der Waals surface area contributed by atoms with Crippen molar-refractivity contribution < 1.29 is 19.0 Å². The van der Waals surface area contributed by atoms with Gasteiger partial charge in [-0.2, -0.15) is 0 Å². The molecule has 0 aliphatic carbocycles. The number of halogens is 1. The summed E-state index contributed by atoms with van der Waals surface area (Å²) < 4.78 is 17.7. The van der Waals surface area contributed by atoms with Crippen LogP contribution in [0.4, 0.5) is 10.1 Å². The molecule has 4 N–H and O–H groups in total. The van der Waals surface area contributed by atoms with E-state index in [4.69, 9.17) is 15.6 Å². The smallest absolute Gasteiger partial charge is 0.253 e. The lowest BCUT2D eigenvalue weighted by molar-refractivity contribution is 0.0895. The lowest BCUT2D eigenvalue weighted by atomic mass is 10.1. The summed E-state index contributed by atoms with van der Waals surface area (Å²) in [6.45, 7) is 0.223. The standard InChI is InChI=1S/C12H17FN2O3/c1-18-5-4-9(7-16)15-12(17)10-3-2-8(13)6-11(10)14/h2-3,6,9,16H,4-5,7,14H2,1H3,(H,15,17). The van der Waals surface area contributed by atoms with Gasteiger partial charge in [0.25, 0.3) is 5.91 Å². The second-order valence-electron chi connectivity index (χ2n) is 3.87. The summed E-state index contributed by atoms with van der Waals surface area (Å²) in [6.07, 6.45) is 0.486. The van der Waals surface area contributed by atoms with Crippen LogP contribution in [-0.4, -0.2) is 37.4 Å². The van der Waals surface area contributed by atoms with Crippen LogP contribution in [0.15, 0.2) is 18.2 Å². The third-order valence-corrected chi connectivity index (χ3v) is 2.48. The van der Waals surface area contributed by atoms with E-state index in [-0.39, 0.29) is 17.9 Å². The Hall–Kier alpha value is -1.66. The van der Waals surface area contributed by atoms with Crippen LogP contribution in [-0.2, 0) is 4.74 Å². The predicted octanol–water partition coefficient (Wildman–Crippen LogP) is 0.535. The molecule has 0 aliphatic rings. The molecule has 0 aliphatic heterocycles. The Bertz CT molecular complexity index is 412. The van der Waals surface area contributed by atoms with Gasteiger partial charge >= 0.3 is 0 Å². The maximum absolute atomic E-state index is 12.8. The van der Waals surface area contributed by atoms with Crippen molar-refractivity contribution in [1.29, 1.82) is 0 Å². The number of anilines is 1. The maximum Gasteiger partial charge on any atom is 0.253 e. The lowest BCUT2D eigenvalue weighted by Gasteiger charge is -2.16. The van der Waals surface area contributed by atoms with E-state index >= 15 is 0 Å². The van der Waals surface area contributed by atoms with E-state index in [0.29, 0.717) is 13.0 Å². The molecule has 0 fully saturated rings. The normalized spacial score (nSPS) is 12.2. The fourth-order valence-corrected chi connectivity index (χ4v) is 1.47. The molecule has 1 aromatic carbocycles. The van der Waals surface area contributed by atoms with Crippen LogP contribution in [0, 0.1) is 5.82 Å². The largest absolute Gasteiger partial charge is 0.398 e. The van der Waals surface area contributed by atoms with E-state index in [1.165, 1.54) is 13.2 Å². The third kappa shape index (κ3) is 3.97. The minimum absolute atomic E-state index is 0.0657. The molecule has 1 atom stereocenters. The summed E-state index contributed by atoms with van der Waals surface area (Å²) in [5.41, 5.74) is 5.80. The quantitative estimate of drug-likeness (QED) is 0.648. The molecule has 1 amide bonds. The minimum atomic E-state index is -0.498. The van der Waals surface area contributed by atoms with Gasteiger partial charge in [0.05, 0.1) is 18.2 Å². The zero-order valence-electron chi connectivity index (χ0n) is 10.1. The fourth-order valence-electron chi connectivity index (χ4n) is 1.47. The topological polar surface area (TPSA) is 84.6 Å². The molecule has 1 aromatic rings. The number of ether oxygens (including phenoxy) is 1. The van der Waals surface area contributed by atoms with Gasteiger partial charge in [-0.15, -0.1) is 0 Å². The third-order valence-electron chi connectivity index (χ3n) is 2.48. The van der Waals surface area contributed by atoms with Crippen molar-refractivity contribution in [1.82, 2.24) is 5.32 Å². The molecule has 0 aromatic heterocycles. The van der Waals surface area contributed by atoms with E-state index in [9.17, 15) is 9.18 Å². The van der Waals surface area contributed by atoms with E-state index in [1.807, 2.05) is 0 Å². The van der Waals surface area contributed by atoms with Gasteiger partial charge in [0.15, 0.2) is 0 Å². The van der Waals surface area contributed by atoms with Crippen LogP contribution in [0.2, 0.25) is 0 Å². The first-order chi connectivity index (χ1) is 8.58. The number of aliphatic hydroxyl groups excluding tert-OH is 1. The highest BCUT2D eigenvalue weighted by Crippen LogP contribution is 2.13. The predicted molar refractivity (Wildman–Crippen MR) is 65.6 cm³/mol. The average Bonchev–Trinajstić information content (AvgIpc) is 2.34. The van der Waals surface area contributed by atoms with Gasteiger partial charge in [0, 0.05) is 19.4 Å². The summed E-state index contributed by atoms with van der Waals surface area (Å²) in [6, 6.07) is 3.14. The number of benzene rings is 1. The number of nitrogen functional groups attached to an aromatic ring is 1. The van der Waals surface area contributed by atoms with Crippen molar-refractivity contribution in [3.63, 3.8) is 0 Å². The summed E-state index contributed by atoms with van der Waals surface area (Å²) >= 11 is 0. The number of nitrogens with one attached hydrogen (secondary N) is 1. The molecule has 0 saturated carbocycles. The molecule has 100 valence electrons. The van der Waals surface area contributed by atoms with Crippen LogP contribution < -0.4 is 11.1 Å². The first-order valence-corrected chi connectivity index (χ1v) is 5.54. The number of rotatable bonds is 6. The number of carbonyl (C=O) groups is 1. The summed E-state index contributed by atoms with van der Waals surface area (Å²) in [5, 5.41) is 11.7. The van der Waals surface area contributed by atoms with Crippen LogP contribution in [0.1, 0.15) is 16.8 Å². The SMILES string of the molecule is COCCC(CO)NC(=O)c1ccc(F)cc1N. The number of hydrogen-bond donors (Lipinski definition) is 3. The number of hydrogen-bond acceptors (Lipinski definition) is 4. The Morgan fingerprint density at radius 2 is 2.33 bits per heavy atom. The zero-order valence-corrected chi connectivity index (χ0v) is 10.1. The van der Waals surface area contributed by atoms with Gasteiger partial charge in [-0.25, -0.2) is 4.39 Å². The molecular weight excluding hydrogens is 239 g/mol. The van der Waals surface area contributed by atoms with Crippen LogP contribution in [0.3, 0.4) is 0 Å². The highest BCUT2D eigenvalue weighted by atomic mass is 19.1. The summed E-state index contributed by atoms with van der Waals surface area (Å²) in [7, 11) is 1.54. The van der Waals surface area contributed by atoms with Gasteiger partial charge in [-0.3, -0.25) is 4.79 Å². The maximum atomic E-state index is 12.8. The molecule has 0 spiro atoms. The number of carbonyl (C=O) groups excluding carboxylic acids is 1. The van der Waals surface area contributed by atoms with Crippen molar-refractivity contribution in [3.8, 4) is 0 Å². The van der Waals surface area contributed by atoms with Crippen molar-refractivity contribution >= 4 is 11.6 Å². The Labute approximate surface area is 105 Å². The number of amides is 1. The number of methoxy groups -OCH3 is 1. The minimum Gasteiger partial charge on any atom is -0.398 e. The molecule has 0 saturated heterocycles. The van der Waals surface area contributed by atoms with Crippen molar-refractivity contribution in [2.24, 2.45) is 0 Å². The molecule has 0 radical (unpaired) electrons. The molecule has 0 bridgehead atoms. The van der Waals surface area contributed by atoms with Gasteiger partial charge in [-0.05, 0) is 24.6 Å². The second-order valence-corrected chi connectivity index (χ2v) is 3.87. The summed E-state index contributed by atoms with van der Waals surface area (Å²) in [5.74, 6) is -0.940. The first-order valence-electron chi connectivity index (χ1n) is 5.54. The van der Waals surface area contributed by atoms with Crippen LogP contribution in [0.5, 0.6) is 0 Å². The first kappa shape index (κ1) is 14.4. The van der Waals surface area contributed by atoms with Crippen LogP contribution >= 0.6 is 0 Å². The molecule has 18 heavy (non-hydrogen) atoms. The van der Waals surface area contributed by atoms with E-state index in [0.717, 1.165) is 12.1 Å². The summed E-state index contributed by atoms with van der Waals surface area (Å²) in [4.78, 5) is 11.8. The van der Waals surface area contributed by atoms with Gasteiger partial charge in [-0.1, -0.05) is 0 Å². The zero-order chi connectivity index (χ0) is 13.5. The Kier molecular flexibility index (Phi) is 5.54. The molecule has 5 nitrogen and oxygen atoms in total. The highest BCUT2D eigenvalue weighted by Gasteiger charge is 2.15. The number of nitrogens with two attached hydrogens (primary N) is 1. The molecule has 0 heterocycles. The van der Waals surface area contributed by atoms with E-state index < -0.39 is 17.8 Å². The fraction of sp³-hybridized carbons (Fsp3) is 0.417. The second kappa shape index (κ2) is 6.93.